The van der Waals surface area contributed by atoms with Crippen molar-refractivity contribution in [1.29, 1.82) is 0 Å². The van der Waals surface area contributed by atoms with Crippen LogP contribution in [0.4, 0.5) is 11.6 Å². The summed E-state index contributed by atoms with van der Waals surface area (Å²) in [6, 6.07) is 24.5. The van der Waals surface area contributed by atoms with Crippen LogP contribution in [0.2, 0.25) is 0 Å². The van der Waals surface area contributed by atoms with Crippen LogP contribution >= 0.6 is 0 Å². The fourth-order valence-corrected chi connectivity index (χ4v) is 6.34. The number of nitrogens with one attached hydrogen (secondary N) is 2. The molecule has 0 saturated carbocycles. The van der Waals surface area contributed by atoms with Crippen molar-refractivity contribution in [2.45, 2.75) is 23.2 Å². The molecule has 0 saturated heterocycles. The number of anilines is 2. The Hall–Kier alpha value is -4.04. The zero-order chi connectivity index (χ0) is 24.0. The van der Waals surface area contributed by atoms with Crippen LogP contribution in [-0.4, -0.2) is 24.3 Å². The third-order valence-corrected chi connectivity index (χ3v) is 8.21. The van der Waals surface area contributed by atoms with Crippen molar-refractivity contribution in [3.05, 3.63) is 114 Å². The molecule has 3 aliphatic rings. The van der Waals surface area contributed by atoms with Crippen molar-refractivity contribution < 1.29 is 13.2 Å². The summed E-state index contributed by atoms with van der Waals surface area (Å²) in [7, 11) is -3.84. The van der Waals surface area contributed by atoms with Gasteiger partial charge in [0.2, 0.25) is 11.9 Å². The number of carbonyl (C=O) groups excluding carboxylic acids is 1. The first-order valence-electron chi connectivity index (χ1n) is 11.4. The van der Waals surface area contributed by atoms with Crippen molar-refractivity contribution in [3.8, 4) is 0 Å². The highest BCUT2D eigenvalue weighted by Crippen LogP contribution is 2.55. The summed E-state index contributed by atoms with van der Waals surface area (Å²) in [6.07, 6.45) is 3.66. The van der Waals surface area contributed by atoms with Gasteiger partial charge in [-0.3, -0.25) is 4.79 Å². The van der Waals surface area contributed by atoms with Gasteiger partial charge in [-0.15, -0.1) is 0 Å². The van der Waals surface area contributed by atoms with E-state index in [0.29, 0.717) is 5.69 Å². The summed E-state index contributed by atoms with van der Waals surface area (Å²) in [5.41, 5.74) is 5.61. The van der Waals surface area contributed by atoms with Crippen molar-refractivity contribution in [2.24, 2.45) is 5.92 Å². The van der Waals surface area contributed by atoms with Gasteiger partial charge in [0, 0.05) is 29.9 Å². The lowest BCUT2D eigenvalue weighted by Crippen LogP contribution is -2.38. The highest BCUT2D eigenvalue weighted by molar-refractivity contribution is 7.92. The molecule has 1 unspecified atom stereocenters. The monoisotopic (exact) mass is 482 g/mol. The fourth-order valence-electron chi connectivity index (χ4n) is 5.38. The van der Waals surface area contributed by atoms with Gasteiger partial charge >= 0.3 is 0 Å². The fraction of sp³-hybridized carbons (Fsp3) is 0.148. The number of carbonyl (C=O) groups is 1. The molecular formula is C27H22N4O3S. The third kappa shape index (κ3) is 3.76. The lowest BCUT2D eigenvalue weighted by Gasteiger charge is -2.44. The molecule has 0 spiro atoms. The number of nitrogens with zero attached hydrogens (tertiary/aromatic N) is 2. The van der Waals surface area contributed by atoms with E-state index in [1.54, 1.807) is 18.2 Å². The topological polar surface area (TPSA) is 101 Å². The van der Waals surface area contributed by atoms with Gasteiger partial charge in [0.05, 0.1) is 10.8 Å². The minimum Gasteiger partial charge on any atom is -0.326 e. The molecule has 0 fully saturated rings. The van der Waals surface area contributed by atoms with E-state index in [-0.39, 0.29) is 34.5 Å². The molecule has 0 radical (unpaired) electrons. The first kappa shape index (κ1) is 21.5. The molecule has 1 atom stereocenters. The van der Waals surface area contributed by atoms with Crippen molar-refractivity contribution >= 4 is 27.6 Å². The lowest BCUT2D eigenvalue weighted by molar-refractivity contribution is -0.121. The average Bonchev–Trinajstić information content (AvgIpc) is 2.89. The van der Waals surface area contributed by atoms with Crippen LogP contribution in [0.3, 0.4) is 0 Å². The highest BCUT2D eigenvalue weighted by atomic mass is 32.2. The van der Waals surface area contributed by atoms with E-state index in [1.165, 1.54) is 46.8 Å². The van der Waals surface area contributed by atoms with Crippen LogP contribution in [0.1, 0.15) is 40.5 Å². The Morgan fingerprint density at radius 1 is 0.771 bits per heavy atom. The molecular weight excluding hydrogens is 460 g/mol. The SMILES string of the molecule is O=C(Nc1ccc(S(=O)(=O)Nc2ncccn2)cc1)C1CC2c3ccccc3C1c1ccccc12. The van der Waals surface area contributed by atoms with E-state index in [1.807, 2.05) is 12.1 Å². The number of aromatic nitrogens is 2. The van der Waals surface area contributed by atoms with E-state index >= 15 is 0 Å². The molecule has 3 aromatic carbocycles. The Labute approximate surface area is 203 Å². The van der Waals surface area contributed by atoms with E-state index in [9.17, 15) is 13.2 Å². The van der Waals surface area contributed by atoms with Crippen LogP contribution in [0.5, 0.6) is 0 Å². The minimum absolute atomic E-state index is 0.00197. The Morgan fingerprint density at radius 3 is 1.94 bits per heavy atom. The van der Waals surface area contributed by atoms with E-state index in [0.717, 1.165) is 6.42 Å². The number of rotatable bonds is 5. The molecule has 3 aliphatic carbocycles. The van der Waals surface area contributed by atoms with Crippen molar-refractivity contribution in [2.75, 3.05) is 10.0 Å². The Morgan fingerprint density at radius 2 is 1.34 bits per heavy atom. The second-order valence-corrected chi connectivity index (χ2v) is 10.5. The largest absolute Gasteiger partial charge is 0.326 e. The van der Waals surface area contributed by atoms with Crippen LogP contribution in [0, 0.1) is 5.92 Å². The van der Waals surface area contributed by atoms with Gasteiger partial charge in [0.25, 0.3) is 10.0 Å². The maximum absolute atomic E-state index is 13.4. The Kier molecular flexibility index (Phi) is 5.11. The zero-order valence-electron chi connectivity index (χ0n) is 18.6. The molecule has 1 amide bonds. The van der Waals surface area contributed by atoms with Gasteiger partial charge in [-0.2, -0.15) is 0 Å². The highest BCUT2D eigenvalue weighted by Gasteiger charge is 2.45. The van der Waals surface area contributed by atoms with E-state index < -0.39 is 10.0 Å². The van der Waals surface area contributed by atoms with E-state index in [2.05, 4.69) is 56.4 Å². The average molecular weight is 483 g/mol. The number of hydrogen-bond donors (Lipinski definition) is 2. The van der Waals surface area contributed by atoms with Gasteiger partial charge in [-0.1, -0.05) is 48.5 Å². The number of fused-ring (bicyclic) bond motifs is 1. The van der Waals surface area contributed by atoms with Gasteiger partial charge < -0.3 is 5.32 Å². The second-order valence-electron chi connectivity index (χ2n) is 8.82. The van der Waals surface area contributed by atoms with Crippen LogP contribution < -0.4 is 10.0 Å². The molecule has 7 nitrogen and oxygen atoms in total. The summed E-state index contributed by atoms with van der Waals surface area (Å²) >= 11 is 0. The molecule has 35 heavy (non-hydrogen) atoms. The van der Waals surface area contributed by atoms with Crippen LogP contribution in [-0.2, 0) is 14.8 Å². The molecule has 1 heterocycles. The zero-order valence-corrected chi connectivity index (χ0v) is 19.4. The normalized spacial score (nSPS) is 19.9. The molecule has 1 aromatic heterocycles. The number of benzene rings is 3. The molecule has 4 aromatic rings. The molecule has 2 bridgehead atoms. The molecule has 174 valence electrons. The molecule has 8 heteroatoms. The third-order valence-electron chi connectivity index (χ3n) is 6.87. The molecule has 7 rings (SSSR count). The smallest absolute Gasteiger partial charge is 0.264 e. The summed E-state index contributed by atoms with van der Waals surface area (Å²) in [5, 5.41) is 3.01. The number of hydrogen-bond acceptors (Lipinski definition) is 5. The van der Waals surface area contributed by atoms with E-state index in [4.69, 9.17) is 0 Å². The summed E-state index contributed by atoms with van der Waals surface area (Å²) in [5.74, 6) is -0.0672. The predicted molar refractivity (Wildman–Crippen MR) is 133 cm³/mol. The first-order valence-corrected chi connectivity index (χ1v) is 12.9. The van der Waals surface area contributed by atoms with Gasteiger partial charge in [0.1, 0.15) is 0 Å². The molecule has 2 N–H and O–H groups in total. The standard InChI is InChI=1S/C27H22N4O3S/c32-26(30-17-10-12-18(13-11-17)35(33,34)31-27-28-14-5-15-29-27)24-16-23-19-6-1-3-8-21(19)25(24)22-9-4-2-7-20(22)23/h1-15,23-25H,16H2,(H,30,32)(H,28,29,31). The van der Waals surface area contributed by atoms with Crippen molar-refractivity contribution in [3.63, 3.8) is 0 Å². The van der Waals surface area contributed by atoms with Crippen LogP contribution in [0.15, 0.2) is 96.2 Å². The van der Waals surface area contributed by atoms with Gasteiger partial charge in [-0.25, -0.2) is 23.1 Å². The summed E-state index contributed by atoms with van der Waals surface area (Å²) < 4.78 is 27.6. The summed E-state index contributed by atoms with van der Waals surface area (Å²) in [4.78, 5) is 21.3. The van der Waals surface area contributed by atoms with Gasteiger partial charge in [-0.05, 0) is 59.0 Å². The molecule has 0 aliphatic heterocycles. The lowest BCUT2D eigenvalue weighted by atomic mass is 9.59. The minimum atomic E-state index is -3.84. The maximum atomic E-state index is 13.4. The quantitative estimate of drug-likeness (QED) is 0.436. The second kappa shape index (κ2) is 8.32. The Balaban J connectivity index is 1.23. The van der Waals surface area contributed by atoms with Crippen LogP contribution in [0.25, 0.3) is 0 Å². The Bertz CT molecular complexity index is 1470. The predicted octanol–water partition coefficient (Wildman–Crippen LogP) is 4.51. The maximum Gasteiger partial charge on any atom is 0.264 e. The number of amides is 1. The summed E-state index contributed by atoms with van der Waals surface area (Å²) in [6.45, 7) is 0. The van der Waals surface area contributed by atoms with Crippen molar-refractivity contribution in [1.82, 2.24) is 9.97 Å². The van der Waals surface area contributed by atoms with Gasteiger partial charge in [0.15, 0.2) is 0 Å². The number of sulfonamides is 1. The first-order chi connectivity index (χ1) is 17.0.